The van der Waals surface area contributed by atoms with Crippen molar-refractivity contribution in [2.24, 2.45) is 10.9 Å². The summed E-state index contributed by atoms with van der Waals surface area (Å²) in [6, 6.07) is 10.9. The van der Waals surface area contributed by atoms with Gasteiger partial charge in [-0.2, -0.15) is 0 Å². The first-order valence-electron chi connectivity index (χ1n) is 8.96. The van der Waals surface area contributed by atoms with Crippen LogP contribution in [0.1, 0.15) is 31.2 Å². The van der Waals surface area contributed by atoms with Gasteiger partial charge in [0.1, 0.15) is 0 Å². The summed E-state index contributed by atoms with van der Waals surface area (Å²) in [5, 5.41) is 6.36. The Morgan fingerprint density at radius 2 is 1.91 bits per heavy atom. The van der Waals surface area contributed by atoms with Crippen LogP contribution in [-0.4, -0.2) is 51.1 Å². The number of guanidine groups is 1. The molecular formula is C19H32N4. The van der Waals surface area contributed by atoms with Gasteiger partial charge in [0.15, 0.2) is 5.96 Å². The molecule has 2 N–H and O–H groups in total. The van der Waals surface area contributed by atoms with Gasteiger partial charge in [-0.25, -0.2) is 0 Å². The molecule has 1 aromatic carbocycles. The molecule has 1 fully saturated rings. The number of rotatable bonds is 7. The van der Waals surface area contributed by atoms with E-state index in [2.05, 4.69) is 50.9 Å². The standard InChI is InChI=1S/C19H32N4/c1-20-19(21-2)22-12-6-7-13-23-14-10-18(11-15-23)16-17-8-4-3-5-9-17/h3-5,8-9,18H,6-7,10-16H2,1-2H3,(H2,20,21,22). The molecule has 0 saturated carbocycles. The number of piperidine rings is 1. The van der Waals surface area contributed by atoms with Crippen molar-refractivity contribution < 1.29 is 0 Å². The van der Waals surface area contributed by atoms with E-state index in [-0.39, 0.29) is 0 Å². The van der Waals surface area contributed by atoms with E-state index in [9.17, 15) is 0 Å². The maximum absolute atomic E-state index is 4.12. The molecule has 0 spiro atoms. The summed E-state index contributed by atoms with van der Waals surface area (Å²) < 4.78 is 0. The third-order valence-corrected chi connectivity index (χ3v) is 4.73. The van der Waals surface area contributed by atoms with Gasteiger partial charge >= 0.3 is 0 Å². The van der Waals surface area contributed by atoms with E-state index in [0.717, 1.165) is 18.4 Å². The Morgan fingerprint density at radius 3 is 2.57 bits per heavy atom. The van der Waals surface area contributed by atoms with Crippen LogP contribution in [0.5, 0.6) is 0 Å². The van der Waals surface area contributed by atoms with Gasteiger partial charge in [0.05, 0.1) is 0 Å². The predicted molar refractivity (Wildman–Crippen MR) is 99.0 cm³/mol. The molecule has 4 heteroatoms. The molecule has 0 amide bonds. The zero-order valence-electron chi connectivity index (χ0n) is 14.7. The minimum Gasteiger partial charge on any atom is -0.359 e. The predicted octanol–water partition coefficient (Wildman–Crippen LogP) is 2.52. The molecular weight excluding hydrogens is 284 g/mol. The van der Waals surface area contributed by atoms with E-state index >= 15 is 0 Å². The van der Waals surface area contributed by atoms with Crippen molar-refractivity contribution in [1.29, 1.82) is 0 Å². The average molecular weight is 316 g/mol. The lowest BCUT2D eigenvalue weighted by molar-refractivity contribution is 0.181. The Hall–Kier alpha value is -1.55. The largest absolute Gasteiger partial charge is 0.359 e. The first-order chi connectivity index (χ1) is 11.3. The van der Waals surface area contributed by atoms with Crippen LogP contribution in [-0.2, 0) is 6.42 Å². The number of unbranched alkanes of at least 4 members (excludes halogenated alkanes) is 1. The van der Waals surface area contributed by atoms with Crippen molar-refractivity contribution in [3.63, 3.8) is 0 Å². The summed E-state index contributed by atoms with van der Waals surface area (Å²) in [6.45, 7) is 4.77. The van der Waals surface area contributed by atoms with Gasteiger partial charge < -0.3 is 15.5 Å². The summed E-state index contributed by atoms with van der Waals surface area (Å²) in [4.78, 5) is 6.75. The Bertz CT molecular complexity index is 450. The summed E-state index contributed by atoms with van der Waals surface area (Å²) in [7, 11) is 3.70. The summed E-state index contributed by atoms with van der Waals surface area (Å²) in [6.07, 6.45) is 6.41. The van der Waals surface area contributed by atoms with Crippen LogP contribution in [0.15, 0.2) is 35.3 Å². The average Bonchev–Trinajstić information content (AvgIpc) is 2.60. The van der Waals surface area contributed by atoms with Crippen molar-refractivity contribution in [3.8, 4) is 0 Å². The first-order valence-corrected chi connectivity index (χ1v) is 8.96. The van der Waals surface area contributed by atoms with Crippen LogP contribution >= 0.6 is 0 Å². The van der Waals surface area contributed by atoms with Crippen LogP contribution in [0.25, 0.3) is 0 Å². The zero-order chi connectivity index (χ0) is 16.3. The molecule has 128 valence electrons. The molecule has 23 heavy (non-hydrogen) atoms. The molecule has 1 aliphatic heterocycles. The lowest BCUT2D eigenvalue weighted by Crippen LogP contribution is -2.36. The third kappa shape index (κ3) is 6.61. The van der Waals surface area contributed by atoms with Crippen molar-refractivity contribution in [2.75, 3.05) is 40.3 Å². The fraction of sp³-hybridized carbons (Fsp3) is 0.632. The van der Waals surface area contributed by atoms with E-state index < -0.39 is 0 Å². The number of hydrogen-bond acceptors (Lipinski definition) is 2. The number of likely N-dealkylation sites (tertiary alicyclic amines) is 1. The second-order valence-electron chi connectivity index (χ2n) is 6.43. The zero-order valence-corrected chi connectivity index (χ0v) is 14.7. The second-order valence-corrected chi connectivity index (χ2v) is 6.43. The SMILES string of the molecule is CN=C(NC)NCCCCN1CCC(Cc2ccccc2)CC1. The molecule has 1 aliphatic rings. The lowest BCUT2D eigenvalue weighted by Gasteiger charge is -2.32. The number of nitrogens with one attached hydrogen (secondary N) is 2. The van der Waals surface area contributed by atoms with Crippen LogP contribution in [0.4, 0.5) is 0 Å². The van der Waals surface area contributed by atoms with Crippen LogP contribution in [0, 0.1) is 5.92 Å². The molecule has 4 nitrogen and oxygen atoms in total. The highest BCUT2D eigenvalue weighted by atomic mass is 15.2. The van der Waals surface area contributed by atoms with Gasteiger partial charge in [0.2, 0.25) is 0 Å². The highest BCUT2D eigenvalue weighted by molar-refractivity contribution is 5.79. The molecule has 0 aromatic heterocycles. The van der Waals surface area contributed by atoms with Crippen LogP contribution in [0.2, 0.25) is 0 Å². The fourth-order valence-corrected chi connectivity index (χ4v) is 3.31. The number of nitrogens with zero attached hydrogens (tertiary/aromatic N) is 2. The van der Waals surface area contributed by atoms with Gasteiger partial charge in [-0.1, -0.05) is 30.3 Å². The van der Waals surface area contributed by atoms with Gasteiger partial charge in [0, 0.05) is 20.6 Å². The number of aliphatic imine (C=N–C) groups is 1. The summed E-state index contributed by atoms with van der Waals surface area (Å²) in [5.41, 5.74) is 1.50. The number of benzene rings is 1. The molecule has 0 radical (unpaired) electrons. The van der Waals surface area contributed by atoms with Gasteiger partial charge in [-0.15, -0.1) is 0 Å². The topological polar surface area (TPSA) is 39.7 Å². The van der Waals surface area contributed by atoms with Gasteiger partial charge in [0.25, 0.3) is 0 Å². The quantitative estimate of drug-likeness (QED) is 0.461. The Balaban J connectivity index is 1.55. The maximum Gasteiger partial charge on any atom is 0.190 e. The highest BCUT2D eigenvalue weighted by Gasteiger charge is 2.18. The van der Waals surface area contributed by atoms with E-state index in [1.807, 2.05) is 7.05 Å². The molecule has 0 atom stereocenters. The Kier molecular flexibility index (Phi) is 7.95. The molecule has 0 aliphatic carbocycles. The van der Waals surface area contributed by atoms with Crippen LogP contribution < -0.4 is 10.6 Å². The second kappa shape index (κ2) is 10.3. The smallest absolute Gasteiger partial charge is 0.190 e. The highest BCUT2D eigenvalue weighted by Crippen LogP contribution is 2.21. The molecule has 2 rings (SSSR count). The maximum atomic E-state index is 4.12. The third-order valence-electron chi connectivity index (χ3n) is 4.73. The summed E-state index contributed by atoms with van der Waals surface area (Å²) >= 11 is 0. The Morgan fingerprint density at radius 1 is 1.17 bits per heavy atom. The minimum absolute atomic E-state index is 0.870. The van der Waals surface area contributed by atoms with E-state index in [0.29, 0.717) is 0 Å². The molecule has 1 saturated heterocycles. The van der Waals surface area contributed by atoms with Crippen molar-refractivity contribution in [2.45, 2.75) is 32.1 Å². The first kappa shape index (κ1) is 17.8. The molecule has 0 bridgehead atoms. The van der Waals surface area contributed by atoms with Crippen LogP contribution in [0.3, 0.4) is 0 Å². The molecule has 1 heterocycles. The fourth-order valence-electron chi connectivity index (χ4n) is 3.31. The van der Waals surface area contributed by atoms with E-state index in [4.69, 9.17) is 0 Å². The molecule has 1 aromatic rings. The molecule has 0 unspecified atom stereocenters. The van der Waals surface area contributed by atoms with Crippen molar-refractivity contribution in [1.82, 2.24) is 15.5 Å². The van der Waals surface area contributed by atoms with Gasteiger partial charge in [-0.05, 0) is 63.2 Å². The lowest BCUT2D eigenvalue weighted by atomic mass is 9.90. The monoisotopic (exact) mass is 316 g/mol. The van der Waals surface area contributed by atoms with Gasteiger partial charge in [-0.3, -0.25) is 4.99 Å². The normalized spacial score (nSPS) is 17.2. The van der Waals surface area contributed by atoms with Crippen molar-refractivity contribution in [3.05, 3.63) is 35.9 Å². The van der Waals surface area contributed by atoms with E-state index in [1.165, 1.54) is 57.3 Å². The summed E-state index contributed by atoms with van der Waals surface area (Å²) in [5.74, 6) is 1.75. The number of hydrogen-bond donors (Lipinski definition) is 2. The minimum atomic E-state index is 0.870. The Labute approximate surface area is 141 Å². The van der Waals surface area contributed by atoms with E-state index in [1.54, 1.807) is 7.05 Å². The van der Waals surface area contributed by atoms with Crippen molar-refractivity contribution >= 4 is 5.96 Å².